The van der Waals surface area contributed by atoms with E-state index in [4.69, 9.17) is 43.4 Å². The third-order valence-electron chi connectivity index (χ3n) is 11.0. The number of fused-ring (bicyclic) bond motifs is 1. The van der Waals surface area contributed by atoms with Crippen LogP contribution in [-0.4, -0.2) is 96.8 Å². The van der Waals surface area contributed by atoms with Gasteiger partial charge in [0.1, 0.15) is 23.7 Å². The third kappa shape index (κ3) is 21.9. The van der Waals surface area contributed by atoms with Crippen molar-refractivity contribution in [3.8, 4) is 11.5 Å². The van der Waals surface area contributed by atoms with E-state index in [9.17, 15) is 9.59 Å². The lowest BCUT2D eigenvalue weighted by Gasteiger charge is -2.38. The highest BCUT2D eigenvalue weighted by Crippen LogP contribution is 2.45. The van der Waals surface area contributed by atoms with E-state index in [1.54, 1.807) is 0 Å². The number of carbonyl (C=O) groups excluding carboxylic acids is 2. The molecule has 0 amide bonds. The summed E-state index contributed by atoms with van der Waals surface area (Å²) < 4.78 is 44.9. The van der Waals surface area contributed by atoms with Crippen LogP contribution in [0.5, 0.6) is 11.5 Å². The second-order valence-electron chi connectivity index (χ2n) is 16.6. The molecule has 13 nitrogen and oxygen atoms in total. The topological polar surface area (TPSA) is 157 Å². The molecule has 1 aliphatic heterocycles. The number of carbonyl (C=O) groups is 2. The number of hydrogen-bond donors (Lipinski definition) is 0. The molecule has 0 radical (unpaired) electrons. The van der Waals surface area contributed by atoms with Gasteiger partial charge in [-0.05, 0) is 93.4 Å². The van der Waals surface area contributed by atoms with E-state index in [1.165, 1.54) is 44.9 Å². The summed E-state index contributed by atoms with van der Waals surface area (Å²) in [7, 11) is 0. The van der Waals surface area contributed by atoms with Gasteiger partial charge in [-0.1, -0.05) is 77.8 Å². The van der Waals surface area contributed by atoms with E-state index in [2.05, 4.69) is 44.6 Å². The molecule has 2 rings (SSSR count). The second kappa shape index (κ2) is 30.1. The zero-order valence-corrected chi connectivity index (χ0v) is 37.3. The van der Waals surface area contributed by atoms with Gasteiger partial charge in [-0.15, -0.1) is 0 Å². The standard InChI is InChI=1S/C45H77N3O10/c1-34(2)12-9-13-35(3)14-10-15-36(4)16-11-20-45(8)21-19-40-39(7)43(37(5)38(6)44(40)58-45)57-42(50)18-17-41(49)56-33-32-55-31-30-54-29-28-53-27-26-52-25-24-51-23-22-47-48-46/h34-36H,9-33H2,1-8H3/t35-,36-,45-/m1/s1. The molecule has 58 heavy (non-hydrogen) atoms. The fourth-order valence-corrected chi connectivity index (χ4v) is 7.20. The Balaban J connectivity index is 1.59. The van der Waals surface area contributed by atoms with Crippen LogP contribution in [0.25, 0.3) is 10.4 Å². The van der Waals surface area contributed by atoms with Crippen molar-refractivity contribution in [3.63, 3.8) is 0 Å². The molecule has 1 aliphatic rings. The van der Waals surface area contributed by atoms with Crippen molar-refractivity contribution in [2.75, 3.05) is 79.2 Å². The van der Waals surface area contributed by atoms with Crippen LogP contribution < -0.4 is 9.47 Å². The molecule has 0 saturated carbocycles. The summed E-state index contributed by atoms with van der Waals surface area (Å²) in [5.41, 5.74) is 11.9. The second-order valence-corrected chi connectivity index (χ2v) is 16.6. The summed E-state index contributed by atoms with van der Waals surface area (Å²) >= 11 is 0. The molecule has 0 aromatic heterocycles. The Morgan fingerprint density at radius 2 is 1.19 bits per heavy atom. The highest BCUT2D eigenvalue weighted by atomic mass is 16.6. The average molecular weight is 820 g/mol. The lowest BCUT2D eigenvalue weighted by Crippen LogP contribution is -2.37. The fourth-order valence-electron chi connectivity index (χ4n) is 7.20. The van der Waals surface area contributed by atoms with Gasteiger partial charge in [-0.3, -0.25) is 9.59 Å². The minimum atomic E-state index is -0.477. The Kier molecular flexibility index (Phi) is 26.6. The van der Waals surface area contributed by atoms with Gasteiger partial charge >= 0.3 is 11.9 Å². The van der Waals surface area contributed by atoms with Crippen LogP contribution in [0, 0.1) is 38.5 Å². The van der Waals surface area contributed by atoms with Crippen molar-refractivity contribution in [3.05, 3.63) is 32.7 Å². The van der Waals surface area contributed by atoms with Crippen LogP contribution in [-0.2, 0) is 44.4 Å². The third-order valence-corrected chi connectivity index (χ3v) is 11.0. The Bertz CT molecular complexity index is 1370. The van der Waals surface area contributed by atoms with Crippen molar-refractivity contribution in [2.24, 2.45) is 22.9 Å². The Labute approximate surface area is 349 Å². The summed E-state index contributed by atoms with van der Waals surface area (Å²) in [6.07, 6.45) is 13.1. The first-order valence-electron chi connectivity index (χ1n) is 21.9. The minimum Gasteiger partial charge on any atom is -0.487 e. The summed E-state index contributed by atoms with van der Waals surface area (Å²) in [4.78, 5) is 27.8. The highest BCUT2D eigenvalue weighted by Gasteiger charge is 2.35. The van der Waals surface area contributed by atoms with Crippen LogP contribution >= 0.6 is 0 Å². The van der Waals surface area contributed by atoms with Gasteiger partial charge in [0.05, 0.1) is 78.9 Å². The highest BCUT2D eigenvalue weighted by molar-refractivity contribution is 5.80. The van der Waals surface area contributed by atoms with Gasteiger partial charge in [0.2, 0.25) is 0 Å². The molecule has 1 heterocycles. The molecule has 0 aliphatic carbocycles. The van der Waals surface area contributed by atoms with Crippen LogP contribution in [0.2, 0.25) is 0 Å². The first-order chi connectivity index (χ1) is 27.9. The maximum Gasteiger partial charge on any atom is 0.311 e. The lowest BCUT2D eigenvalue weighted by molar-refractivity contribution is -0.148. The van der Waals surface area contributed by atoms with Crippen molar-refractivity contribution in [1.29, 1.82) is 0 Å². The molecular formula is C45H77N3O10. The van der Waals surface area contributed by atoms with Gasteiger partial charge in [0, 0.05) is 17.0 Å². The Morgan fingerprint density at radius 1 is 0.690 bits per heavy atom. The van der Waals surface area contributed by atoms with E-state index < -0.39 is 11.9 Å². The molecule has 3 atom stereocenters. The summed E-state index contributed by atoms with van der Waals surface area (Å²) in [6, 6.07) is 0. The predicted octanol–water partition coefficient (Wildman–Crippen LogP) is 9.76. The molecule has 0 N–H and O–H groups in total. The number of esters is 2. The molecule has 1 aromatic carbocycles. The first-order valence-corrected chi connectivity index (χ1v) is 21.9. The van der Waals surface area contributed by atoms with Gasteiger partial charge in [-0.2, -0.15) is 0 Å². The lowest BCUT2D eigenvalue weighted by atomic mass is 9.83. The molecule has 0 bridgehead atoms. The number of hydrogen-bond acceptors (Lipinski definition) is 11. The van der Waals surface area contributed by atoms with Gasteiger partial charge in [0.15, 0.2) is 0 Å². The van der Waals surface area contributed by atoms with Crippen molar-refractivity contribution >= 4 is 11.9 Å². The fraction of sp³-hybridized carbons (Fsp3) is 0.822. The van der Waals surface area contributed by atoms with Crippen LogP contribution in [0.15, 0.2) is 5.11 Å². The van der Waals surface area contributed by atoms with Crippen molar-refractivity contribution < 1.29 is 47.5 Å². The van der Waals surface area contributed by atoms with E-state index in [-0.39, 0.29) is 31.7 Å². The van der Waals surface area contributed by atoms with Crippen LogP contribution in [0.4, 0.5) is 0 Å². The number of nitrogens with zero attached hydrogens (tertiary/aromatic N) is 3. The van der Waals surface area contributed by atoms with Gasteiger partial charge in [0.25, 0.3) is 0 Å². The smallest absolute Gasteiger partial charge is 0.311 e. The van der Waals surface area contributed by atoms with E-state index in [0.29, 0.717) is 71.8 Å². The Morgan fingerprint density at radius 3 is 1.74 bits per heavy atom. The van der Waals surface area contributed by atoms with Crippen molar-refractivity contribution in [1.82, 2.24) is 0 Å². The molecular weight excluding hydrogens is 743 g/mol. The number of rotatable bonds is 34. The van der Waals surface area contributed by atoms with Gasteiger partial charge < -0.3 is 37.9 Å². The molecule has 0 fully saturated rings. The summed E-state index contributed by atoms with van der Waals surface area (Å²) in [5.74, 6) is 2.94. The molecule has 0 unspecified atom stereocenters. The van der Waals surface area contributed by atoms with E-state index >= 15 is 0 Å². The maximum atomic E-state index is 12.9. The predicted molar refractivity (Wildman–Crippen MR) is 227 cm³/mol. The van der Waals surface area contributed by atoms with Crippen LogP contribution in [0.1, 0.15) is 134 Å². The first kappa shape index (κ1) is 51.2. The zero-order valence-electron chi connectivity index (χ0n) is 37.3. The number of ether oxygens (including phenoxy) is 8. The van der Waals surface area contributed by atoms with E-state index in [1.807, 2.05) is 20.8 Å². The van der Waals surface area contributed by atoms with E-state index in [0.717, 1.165) is 71.4 Å². The largest absolute Gasteiger partial charge is 0.487 e. The maximum absolute atomic E-state index is 12.9. The molecule has 1 aromatic rings. The minimum absolute atomic E-state index is 0.0701. The van der Waals surface area contributed by atoms with Gasteiger partial charge in [-0.25, -0.2) is 0 Å². The summed E-state index contributed by atoms with van der Waals surface area (Å²) in [5, 5.41) is 3.38. The van der Waals surface area contributed by atoms with Crippen molar-refractivity contribution in [2.45, 2.75) is 144 Å². The Hall–Kier alpha value is -2.93. The number of azide groups is 1. The van der Waals surface area contributed by atoms with Crippen LogP contribution in [0.3, 0.4) is 0 Å². The molecule has 13 heteroatoms. The quantitative estimate of drug-likeness (QED) is 0.0164. The monoisotopic (exact) mass is 820 g/mol. The molecule has 332 valence electrons. The molecule has 0 saturated heterocycles. The SMILES string of the molecule is Cc1c(C)c2c(c(C)c1OC(=O)CCC(=O)OCCOCCOCCOCCOCCOCCN=[N+]=[N-])CC[C@@](C)(CCC[C@H](C)CCC[C@H](C)CCCC(C)C)O2. The number of benzene rings is 1. The average Bonchev–Trinajstić information content (AvgIpc) is 3.18. The summed E-state index contributed by atoms with van der Waals surface area (Å²) in [6.45, 7) is 22.1. The zero-order chi connectivity index (χ0) is 42.6. The molecule has 0 spiro atoms. The normalized spacial score (nSPS) is 16.0.